The van der Waals surface area contributed by atoms with Crippen LogP contribution in [-0.2, 0) is 16.0 Å². The van der Waals surface area contributed by atoms with Gasteiger partial charge >= 0.3 is 5.97 Å². The predicted molar refractivity (Wildman–Crippen MR) is 111 cm³/mol. The first-order valence-corrected chi connectivity index (χ1v) is 10.1. The van der Waals surface area contributed by atoms with Crippen molar-refractivity contribution in [3.63, 3.8) is 0 Å². The van der Waals surface area contributed by atoms with Gasteiger partial charge in [-0.25, -0.2) is 9.99 Å². The molecule has 1 atom stereocenters. The van der Waals surface area contributed by atoms with E-state index in [1.54, 1.807) is 26.5 Å². The Morgan fingerprint density at radius 1 is 1.31 bits per heavy atom. The number of thiazole rings is 1. The van der Waals surface area contributed by atoms with Gasteiger partial charge in [0, 0.05) is 17.5 Å². The van der Waals surface area contributed by atoms with Gasteiger partial charge in [0.2, 0.25) is 5.13 Å². The van der Waals surface area contributed by atoms with Crippen LogP contribution in [0.4, 0.5) is 5.13 Å². The summed E-state index contributed by atoms with van der Waals surface area (Å²) in [5, 5.41) is 7.42. The molecule has 0 N–H and O–H groups in total. The SMILES string of the molecule is CCOC(=O)Cc1cnc(N2N=C(c3ccco3)CC2c2ccc(OC)cc2)s1. The van der Waals surface area contributed by atoms with Crippen molar-refractivity contribution in [3.8, 4) is 5.75 Å². The van der Waals surface area contributed by atoms with E-state index in [1.807, 2.05) is 41.4 Å². The van der Waals surface area contributed by atoms with Crippen LogP contribution in [-0.4, -0.2) is 30.4 Å². The maximum Gasteiger partial charge on any atom is 0.311 e. The van der Waals surface area contributed by atoms with Crippen molar-refractivity contribution in [3.05, 3.63) is 65.1 Å². The van der Waals surface area contributed by atoms with Gasteiger partial charge in [0.05, 0.1) is 32.4 Å². The molecule has 1 aliphatic rings. The molecule has 4 rings (SSSR count). The molecule has 0 spiro atoms. The number of carbonyl (C=O) groups is 1. The number of anilines is 1. The second-order valence-corrected chi connectivity index (χ2v) is 7.55. The Morgan fingerprint density at radius 3 is 2.83 bits per heavy atom. The van der Waals surface area contributed by atoms with E-state index in [0.717, 1.165) is 32.8 Å². The van der Waals surface area contributed by atoms with Gasteiger partial charge in [0.25, 0.3) is 0 Å². The van der Waals surface area contributed by atoms with Crippen LogP contribution in [0.3, 0.4) is 0 Å². The molecule has 0 radical (unpaired) electrons. The highest BCUT2D eigenvalue weighted by Gasteiger charge is 2.32. The van der Waals surface area contributed by atoms with Crippen LogP contribution >= 0.6 is 11.3 Å². The summed E-state index contributed by atoms with van der Waals surface area (Å²) in [6.07, 6.45) is 4.25. The minimum atomic E-state index is -0.254. The fourth-order valence-corrected chi connectivity index (χ4v) is 4.10. The third kappa shape index (κ3) is 4.17. The first-order chi connectivity index (χ1) is 14.2. The second-order valence-electron chi connectivity index (χ2n) is 6.45. The van der Waals surface area contributed by atoms with Gasteiger partial charge in [-0.15, -0.1) is 0 Å². The van der Waals surface area contributed by atoms with Crippen LogP contribution in [0, 0.1) is 0 Å². The second kappa shape index (κ2) is 8.48. The van der Waals surface area contributed by atoms with Crippen LogP contribution in [0.25, 0.3) is 0 Å². The van der Waals surface area contributed by atoms with Gasteiger partial charge in [-0.1, -0.05) is 23.5 Å². The topological polar surface area (TPSA) is 77.2 Å². The molecule has 3 aromatic rings. The van der Waals surface area contributed by atoms with E-state index < -0.39 is 0 Å². The van der Waals surface area contributed by atoms with Gasteiger partial charge < -0.3 is 13.9 Å². The number of hydrogen-bond acceptors (Lipinski definition) is 8. The highest BCUT2D eigenvalue weighted by atomic mass is 32.1. The largest absolute Gasteiger partial charge is 0.497 e. The van der Waals surface area contributed by atoms with E-state index in [4.69, 9.17) is 19.0 Å². The van der Waals surface area contributed by atoms with Gasteiger partial charge in [0.15, 0.2) is 0 Å². The summed E-state index contributed by atoms with van der Waals surface area (Å²) in [6.45, 7) is 2.16. The fraction of sp³-hybridized carbons (Fsp3) is 0.286. The minimum Gasteiger partial charge on any atom is -0.497 e. The lowest BCUT2D eigenvalue weighted by Gasteiger charge is -2.21. The van der Waals surface area contributed by atoms with Crippen molar-refractivity contribution in [1.82, 2.24) is 4.98 Å². The summed E-state index contributed by atoms with van der Waals surface area (Å²) >= 11 is 1.44. The summed E-state index contributed by atoms with van der Waals surface area (Å²) in [5.74, 6) is 1.29. The lowest BCUT2D eigenvalue weighted by Crippen LogP contribution is -2.18. The molecule has 0 saturated carbocycles. The standard InChI is InChI=1S/C21H21N3O4S/c1-3-27-20(25)11-16-13-22-21(29-16)24-18(14-6-8-15(26-2)9-7-14)12-17(23-24)19-5-4-10-28-19/h4-10,13,18H,3,11-12H2,1-2H3. The summed E-state index contributed by atoms with van der Waals surface area (Å²) in [6, 6.07) is 11.7. The van der Waals surface area contributed by atoms with E-state index in [1.165, 1.54) is 11.3 Å². The van der Waals surface area contributed by atoms with Crippen LogP contribution in [0.15, 0.2) is 58.4 Å². The van der Waals surface area contributed by atoms with Crippen molar-refractivity contribution >= 4 is 28.1 Å². The minimum absolute atomic E-state index is 0.0254. The predicted octanol–water partition coefficient (Wildman–Crippen LogP) is 4.21. The van der Waals surface area contributed by atoms with Crippen molar-refractivity contribution in [2.45, 2.75) is 25.8 Å². The highest BCUT2D eigenvalue weighted by molar-refractivity contribution is 7.15. The first kappa shape index (κ1) is 19.2. The Bertz CT molecular complexity index is 995. The average molecular weight is 411 g/mol. The molecular weight excluding hydrogens is 390 g/mol. The monoisotopic (exact) mass is 411 g/mol. The van der Waals surface area contributed by atoms with Gasteiger partial charge in [0.1, 0.15) is 17.2 Å². The number of esters is 1. The van der Waals surface area contributed by atoms with Gasteiger partial charge in [-0.2, -0.15) is 5.10 Å². The Kier molecular flexibility index (Phi) is 5.62. The summed E-state index contributed by atoms with van der Waals surface area (Å²) in [7, 11) is 1.65. The van der Waals surface area contributed by atoms with Crippen molar-refractivity contribution < 1.29 is 18.7 Å². The summed E-state index contributed by atoms with van der Waals surface area (Å²) in [5.41, 5.74) is 1.95. The van der Waals surface area contributed by atoms with E-state index >= 15 is 0 Å². The number of hydrazone groups is 1. The lowest BCUT2D eigenvalue weighted by atomic mass is 10.0. The van der Waals surface area contributed by atoms with Gasteiger partial charge in [-0.3, -0.25) is 4.79 Å². The van der Waals surface area contributed by atoms with Crippen LogP contribution < -0.4 is 9.75 Å². The van der Waals surface area contributed by atoms with E-state index in [-0.39, 0.29) is 18.4 Å². The molecule has 7 nitrogen and oxygen atoms in total. The third-order valence-electron chi connectivity index (χ3n) is 4.58. The van der Waals surface area contributed by atoms with Crippen molar-refractivity contribution in [1.29, 1.82) is 0 Å². The molecule has 1 unspecified atom stereocenters. The average Bonchev–Trinajstić information content (AvgIpc) is 3.48. The van der Waals surface area contributed by atoms with Crippen molar-refractivity contribution in [2.75, 3.05) is 18.7 Å². The Hall–Kier alpha value is -3.13. The van der Waals surface area contributed by atoms with Crippen LogP contribution in [0.2, 0.25) is 0 Å². The van der Waals surface area contributed by atoms with E-state index in [0.29, 0.717) is 13.0 Å². The molecule has 8 heteroatoms. The molecule has 1 aromatic carbocycles. The molecule has 0 aliphatic carbocycles. The number of aromatic nitrogens is 1. The number of nitrogens with zero attached hydrogens (tertiary/aromatic N) is 3. The molecule has 29 heavy (non-hydrogen) atoms. The maximum absolute atomic E-state index is 11.8. The molecule has 0 saturated heterocycles. The van der Waals surface area contributed by atoms with E-state index in [9.17, 15) is 4.79 Å². The number of rotatable bonds is 7. The fourth-order valence-electron chi connectivity index (χ4n) is 3.20. The third-order valence-corrected chi connectivity index (χ3v) is 5.56. The lowest BCUT2D eigenvalue weighted by molar-refractivity contribution is -0.142. The number of benzene rings is 1. The quantitative estimate of drug-likeness (QED) is 0.542. The Morgan fingerprint density at radius 2 is 2.14 bits per heavy atom. The Balaban J connectivity index is 1.63. The van der Waals surface area contributed by atoms with Crippen molar-refractivity contribution in [2.24, 2.45) is 5.10 Å². The maximum atomic E-state index is 11.8. The zero-order chi connectivity index (χ0) is 20.2. The molecule has 3 heterocycles. The highest BCUT2D eigenvalue weighted by Crippen LogP contribution is 2.39. The summed E-state index contributed by atoms with van der Waals surface area (Å²) in [4.78, 5) is 17.1. The molecule has 0 bridgehead atoms. The number of ether oxygens (including phenoxy) is 2. The summed E-state index contributed by atoms with van der Waals surface area (Å²) < 4.78 is 15.9. The smallest absolute Gasteiger partial charge is 0.311 e. The van der Waals surface area contributed by atoms with E-state index in [2.05, 4.69) is 4.98 Å². The number of methoxy groups -OCH3 is 1. The molecule has 150 valence electrons. The Labute approximate surface area is 172 Å². The molecule has 0 fully saturated rings. The first-order valence-electron chi connectivity index (χ1n) is 9.32. The van der Waals surface area contributed by atoms with Crippen LogP contribution in [0.5, 0.6) is 5.75 Å². The van der Waals surface area contributed by atoms with Gasteiger partial charge in [-0.05, 0) is 36.8 Å². The number of carbonyl (C=O) groups excluding carboxylic acids is 1. The molecule has 0 amide bonds. The number of hydrogen-bond donors (Lipinski definition) is 0. The normalized spacial score (nSPS) is 16.0. The molecular formula is C21H21N3O4S. The number of furan rings is 1. The zero-order valence-corrected chi connectivity index (χ0v) is 17.0. The zero-order valence-electron chi connectivity index (χ0n) is 16.2. The molecule has 2 aromatic heterocycles. The van der Waals surface area contributed by atoms with Crippen LogP contribution in [0.1, 0.15) is 35.6 Å². The molecule has 1 aliphatic heterocycles.